The third-order valence-electron chi connectivity index (χ3n) is 1.81. The summed E-state index contributed by atoms with van der Waals surface area (Å²) in [6.07, 6.45) is -4.09. The number of rotatable bonds is 1. The molecule has 0 amide bonds. The molecule has 1 saturated heterocycles. The van der Waals surface area contributed by atoms with Crippen molar-refractivity contribution in [3.63, 3.8) is 0 Å². The van der Waals surface area contributed by atoms with Crippen molar-refractivity contribution in [1.82, 2.24) is 9.91 Å². The number of halogens is 3. The molecule has 1 rings (SSSR count). The van der Waals surface area contributed by atoms with Gasteiger partial charge in [-0.05, 0) is 0 Å². The van der Waals surface area contributed by atoms with Crippen LogP contribution >= 0.6 is 0 Å². The van der Waals surface area contributed by atoms with E-state index in [1.165, 1.54) is 9.91 Å². The SMILES string of the molecule is NN1CCN(CC(F)(F)F)CC1. The number of hydrazine groups is 1. The van der Waals surface area contributed by atoms with Gasteiger partial charge in [-0.25, -0.2) is 5.01 Å². The molecule has 0 saturated carbocycles. The summed E-state index contributed by atoms with van der Waals surface area (Å²) in [5.74, 6) is 5.39. The number of nitrogens with two attached hydrogens (primary N) is 1. The van der Waals surface area contributed by atoms with E-state index in [9.17, 15) is 13.2 Å². The summed E-state index contributed by atoms with van der Waals surface area (Å²) in [6, 6.07) is 0. The van der Waals surface area contributed by atoms with E-state index in [-0.39, 0.29) is 0 Å². The Morgan fingerprint density at radius 1 is 1.08 bits per heavy atom. The Hall–Kier alpha value is -0.330. The molecule has 1 aliphatic heterocycles. The van der Waals surface area contributed by atoms with Crippen LogP contribution in [0.2, 0.25) is 0 Å². The first-order valence-corrected chi connectivity index (χ1v) is 3.76. The highest BCUT2D eigenvalue weighted by atomic mass is 19.4. The van der Waals surface area contributed by atoms with Crippen molar-refractivity contribution < 1.29 is 13.2 Å². The fourth-order valence-electron chi connectivity index (χ4n) is 1.18. The summed E-state index contributed by atoms with van der Waals surface area (Å²) in [7, 11) is 0. The number of alkyl halides is 3. The van der Waals surface area contributed by atoms with Gasteiger partial charge in [-0.3, -0.25) is 10.7 Å². The second-order valence-electron chi connectivity index (χ2n) is 2.93. The van der Waals surface area contributed by atoms with E-state index in [0.29, 0.717) is 26.2 Å². The highest BCUT2D eigenvalue weighted by Gasteiger charge is 2.31. The molecular weight excluding hydrogens is 171 g/mol. The van der Waals surface area contributed by atoms with Crippen molar-refractivity contribution in [3.8, 4) is 0 Å². The maximum atomic E-state index is 11.9. The molecule has 1 fully saturated rings. The number of piperazine rings is 1. The summed E-state index contributed by atoms with van der Waals surface area (Å²) in [6.45, 7) is 0.999. The van der Waals surface area contributed by atoms with E-state index in [1.54, 1.807) is 0 Å². The summed E-state index contributed by atoms with van der Waals surface area (Å²) >= 11 is 0. The second kappa shape index (κ2) is 3.59. The Kier molecular flexibility index (Phi) is 2.92. The molecule has 0 aromatic rings. The molecule has 3 nitrogen and oxygen atoms in total. The maximum Gasteiger partial charge on any atom is 0.401 e. The highest BCUT2D eigenvalue weighted by molar-refractivity contribution is 4.70. The molecular formula is C6H12F3N3. The molecule has 0 radical (unpaired) electrons. The zero-order chi connectivity index (χ0) is 9.19. The number of hydrogen-bond acceptors (Lipinski definition) is 3. The molecule has 12 heavy (non-hydrogen) atoms. The monoisotopic (exact) mass is 183 g/mol. The van der Waals surface area contributed by atoms with Gasteiger partial charge in [0.05, 0.1) is 6.54 Å². The van der Waals surface area contributed by atoms with Crippen LogP contribution in [0, 0.1) is 0 Å². The molecule has 0 aromatic carbocycles. The lowest BCUT2D eigenvalue weighted by molar-refractivity contribution is -0.149. The quantitative estimate of drug-likeness (QED) is 0.582. The average Bonchev–Trinajstić information content (AvgIpc) is 1.91. The van der Waals surface area contributed by atoms with Gasteiger partial charge in [0, 0.05) is 26.2 Å². The zero-order valence-electron chi connectivity index (χ0n) is 6.64. The summed E-state index contributed by atoms with van der Waals surface area (Å²) in [4.78, 5) is 1.36. The van der Waals surface area contributed by atoms with Gasteiger partial charge in [-0.1, -0.05) is 0 Å². The smallest absolute Gasteiger partial charge is 0.292 e. The lowest BCUT2D eigenvalue weighted by Gasteiger charge is -2.32. The van der Waals surface area contributed by atoms with E-state index in [4.69, 9.17) is 5.84 Å². The van der Waals surface area contributed by atoms with Crippen molar-refractivity contribution >= 4 is 0 Å². The van der Waals surface area contributed by atoms with Gasteiger partial charge in [-0.2, -0.15) is 13.2 Å². The normalized spacial score (nSPS) is 23.0. The van der Waals surface area contributed by atoms with Gasteiger partial charge in [0.2, 0.25) is 0 Å². The average molecular weight is 183 g/mol. The minimum absolute atomic E-state index is 0.399. The molecule has 6 heteroatoms. The predicted molar refractivity (Wildman–Crippen MR) is 38.3 cm³/mol. The largest absolute Gasteiger partial charge is 0.401 e. The van der Waals surface area contributed by atoms with Crippen LogP contribution < -0.4 is 5.84 Å². The highest BCUT2D eigenvalue weighted by Crippen LogP contribution is 2.16. The molecule has 0 aliphatic carbocycles. The van der Waals surface area contributed by atoms with Crippen LogP contribution in [-0.4, -0.2) is 48.8 Å². The van der Waals surface area contributed by atoms with Crippen LogP contribution in [0.5, 0.6) is 0 Å². The van der Waals surface area contributed by atoms with Crippen molar-refractivity contribution in [3.05, 3.63) is 0 Å². The molecule has 72 valence electrons. The van der Waals surface area contributed by atoms with E-state index in [2.05, 4.69) is 0 Å². The van der Waals surface area contributed by atoms with Crippen molar-refractivity contribution in [1.29, 1.82) is 0 Å². The van der Waals surface area contributed by atoms with Crippen LogP contribution in [0.25, 0.3) is 0 Å². The Morgan fingerprint density at radius 3 is 2.00 bits per heavy atom. The lowest BCUT2D eigenvalue weighted by Crippen LogP contribution is -2.51. The fourth-order valence-corrected chi connectivity index (χ4v) is 1.18. The molecule has 2 N–H and O–H groups in total. The van der Waals surface area contributed by atoms with Gasteiger partial charge in [-0.15, -0.1) is 0 Å². The Balaban J connectivity index is 2.26. The second-order valence-corrected chi connectivity index (χ2v) is 2.93. The summed E-state index contributed by atoms with van der Waals surface area (Å²) < 4.78 is 35.6. The van der Waals surface area contributed by atoms with Gasteiger partial charge >= 0.3 is 6.18 Å². The van der Waals surface area contributed by atoms with E-state index >= 15 is 0 Å². The van der Waals surface area contributed by atoms with Crippen molar-refractivity contribution in [2.45, 2.75) is 6.18 Å². The topological polar surface area (TPSA) is 32.5 Å². The van der Waals surface area contributed by atoms with Crippen LogP contribution in [0.4, 0.5) is 13.2 Å². The number of hydrogen-bond donors (Lipinski definition) is 1. The van der Waals surface area contributed by atoms with Gasteiger partial charge in [0.25, 0.3) is 0 Å². The molecule has 0 bridgehead atoms. The van der Waals surface area contributed by atoms with E-state index in [0.717, 1.165) is 0 Å². The predicted octanol–water partition coefficient (Wildman–Crippen LogP) is 0.0400. The van der Waals surface area contributed by atoms with Crippen LogP contribution in [0.1, 0.15) is 0 Å². The molecule has 0 unspecified atom stereocenters. The Labute approximate surface area is 68.9 Å². The lowest BCUT2D eigenvalue weighted by atomic mass is 10.3. The minimum Gasteiger partial charge on any atom is -0.292 e. The Morgan fingerprint density at radius 2 is 1.58 bits per heavy atom. The third kappa shape index (κ3) is 3.38. The fraction of sp³-hybridized carbons (Fsp3) is 1.00. The van der Waals surface area contributed by atoms with Crippen molar-refractivity contribution in [2.75, 3.05) is 32.7 Å². The standard InChI is InChI=1S/C6H12F3N3/c7-6(8,9)5-11-1-3-12(10)4-2-11/h1-5,10H2. The molecule has 1 heterocycles. The summed E-state index contributed by atoms with van der Waals surface area (Å²) in [5.41, 5.74) is 0. The van der Waals surface area contributed by atoms with Gasteiger partial charge in [0.15, 0.2) is 0 Å². The maximum absolute atomic E-state index is 11.9. The first-order valence-electron chi connectivity index (χ1n) is 3.76. The van der Waals surface area contributed by atoms with Gasteiger partial charge in [0.1, 0.15) is 0 Å². The molecule has 0 spiro atoms. The van der Waals surface area contributed by atoms with Crippen LogP contribution in [-0.2, 0) is 0 Å². The first-order chi connectivity index (χ1) is 5.47. The third-order valence-corrected chi connectivity index (χ3v) is 1.81. The number of nitrogens with zero attached hydrogens (tertiary/aromatic N) is 2. The molecule has 0 atom stereocenters. The molecule has 1 aliphatic rings. The van der Waals surface area contributed by atoms with E-state index in [1.807, 2.05) is 0 Å². The van der Waals surface area contributed by atoms with Gasteiger partial charge < -0.3 is 0 Å². The van der Waals surface area contributed by atoms with Crippen LogP contribution in [0.15, 0.2) is 0 Å². The molecule has 0 aromatic heterocycles. The van der Waals surface area contributed by atoms with E-state index < -0.39 is 12.7 Å². The zero-order valence-corrected chi connectivity index (χ0v) is 6.64. The first kappa shape index (κ1) is 9.76. The summed E-state index contributed by atoms with van der Waals surface area (Å²) in [5, 5.41) is 1.53. The van der Waals surface area contributed by atoms with Crippen molar-refractivity contribution in [2.24, 2.45) is 5.84 Å². The van der Waals surface area contributed by atoms with Crippen LogP contribution in [0.3, 0.4) is 0 Å². The Bertz CT molecular complexity index is 139. The minimum atomic E-state index is -4.09.